The van der Waals surface area contributed by atoms with Gasteiger partial charge in [0.15, 0.2) is 5.96 Å². The molecule has 2 unspecified atom stereocenters. The number of amides is 2. The Bertz CT molecular complexity index is 3380. The molecule has 73 heavy (non-hydrogen) atoms. The number of rotatable bonds is 9. The van der Waals surface area contributed by atoms with Crippen LogP contribution in [-0.2, 0) is 0 Å². The van der Waals surface area contributed by atoms with Gasteiger partial charge in [-0.3, -0.25) is 5.32 Å². The van der Waals surface area contributed by atoms with E-state index in [0.29, 0.717) is 17.1 Å². The fourth-order valence-electron chi connectivity index (χ4n) is 9.78. The predicted octanol–water partition coefficient (Wildman–Crippen LogP) is 12.3. The summed E-state index contributed by atoms with van der Waals surface area (Å²) < 4.78 is 0. The van der Waals surface area contributed by atoms with E-state index in [2.05, 4.69) is 192 Å². The van der Waals surface area contributed by atoms with E-state index in [0.717, 1.165) is 60.9 Å². The molecule has 11 rings (SSSR count). The first kappa shape index (κ1) is 47.8. The Kier molecular flexibility index (Phi) is 13.9. The highest BCUT2D eigenvalue weighted by Gasteiger charge is 2.30. The van der Waals surface area contributed by atoms with Crippen LogP contribution in [0.15, 0.2) is 232 Å². The maximum absolute atomic E-state index is 13.3. The number of fused-ring (bicyclic) bond motifs is 8. The highest BCUT2D eigenvalue weighted by atomic mass is 35.5. The number of carbonyl (C=O) groups is 1. The lowest BCUT2D eigenvalue weighted by Gasteiger charge is -2.21. The normalized spacial score (nSPS) is 16.2. The van der Waals surface area contributed by atoms with Crippen molar-refractivity contribution in [3.63, 3.8) is 0 Å². The number of nitrogens with two attached hydrogens (primary N) is 3. The van der Waals surface area contributed by atoms with Gasteiger partial charge >= 0.3 is 6.03 Å². The first-order valence-corrected chi connectivity index (χ1v) is 24.5. The zero-order valence-corrected chi connectivity index (χ0v) is 41.0. The zero-order chi connectivity index (χ0) is 49.0. The lowest BCUT2D eigenvalue weighted by atomic mass is 9.92. The second-order valence-electron chi connectivity index (χ2n) is 17.8. The van der Waals surface area contributed by atoms with E-state index in [1.54, 1.807) is 11.8 Å². The van der Waals surface area contributed by atoms with Gasteiger partial charge in [-0.2, -0.15) is 0 Å². The fourth-order valence-corrected chi connectivity index (χ4v) is 10.6. The van der Waals surface area contributed by atoms with Gasteiger partial charge in [0, 0.05) is 61.0 Å². The smallest absolute Gasteiger partial charge is 0.325 e. The minimum atomic E-state index is -0.512. The molecule has 8 bridgehead atoms. The molecular weight excluding hydrogens is 946 g/mol. The van der Waals surface area contributed by atoms with Gasteiger partial charge in [0.25, 0.3) is 0 Å². The van der Waals surface area contributed by atoms with Gasteiger partial charge in [0.2, 0.25) is 5.96 Å². The van der Waals surface area contributed by atoms with Crippen LogP contribution in [0.5, 0.6) is 0 Å². The Balaban J connectivity index is 0.00000611. The highest BCUT2D eigenvalue weighted by molar-refractivity contribution is 7.99. The van der Waals surface area contributed by atoms with Gasteiger partial charge in [-0.25, -0.2) is 14.8 Å². The maximum atomic E-state index is 13.3. The second kappa shape index (κ2) is 21.2. The number of nitrogens with one attached hydrogen (secondary N) is 6. The Morgan fingerprint density at radius 3 is 1.04 bits per heavy atom. The summed E-state index contributed by atoms with van der Waals surface area (Å²) in [4.78, 5) is 39.5. The van der Waals surface area contributed by atoms with Crippen LogP contribution in [0.1, 0.15) is 91.5 Å². The van der Waals surface area contributed by atoms with Gasteiger partial charge in [-0.1, -0.05) is 115 Å². The van der Waals surface area contributed by atoms with Crippen molar-refractivity contribution in [3.8, 4) is 0 Å². The molecule has 0 aliphatic carbocycles. The molecule has 14 heteroatoms. The van der Waals surface area contributed by atoms with Crippen molar-refractivity contribution in [2.45, 2.75) is 33.5 Å². The van der Waals surface area contributed by atoms with Gasteiger partial charge in [-0.15, -0.1) is 12.4 Å². The predicted molar refractivity (Wildman–Crippen MR) is 296 cm³/mol. The van der Waals surface area contributed by atoms with Crippen molar-refractivity contribution in [2.75, 3.05) is 5.32 Å². The molecule has 362 valence electrons. The quantitative estimate of drug-likeness (QED) is 0.0510. The molecule has 0 saturated carbocycles. The third kappa shape index (κ3) is 10.6. The molecule has 0 fully saturated rings. The molecule has 1 aliphatic heterocycles. The van der Waals surface area contributed by atoms with Gasteiger partial charge in [0.1, 0.15) is 0 Å². The number of benzene rings is 6. The summed E-state index contributed by atoms with van der Waals surface area (Å²) in [6, 6.07) is 72.2. The number of carbonyl (C=O) groups excluding carboxylic acids is 1. The third-order valence-electron chi connectivity index (χ3n) is 13.0. The standard InChI is InChI=1S/C59H51N11OS.ClH/c60-57(61)63-40-20-24-43(25-21-40)72-44-26-22-41(23-27-44)64-58(62)70-59(71)65-42-18-16-39(17-19-42)56-51-34-32-49(68-51)54(37-12-6-2-7-13-37)47-30-28-45(66-47)53(36-10-4-1-5-11-36)46-29-31-48(67-46)55(38-14-8-3-9-15-38)50-33-35-52(56)69-50;/h1-35,53-56,66-69H,(H4,60,61,63)(H4,62,64,65,70,71);1H. The molecule has 1 aliphatic rings. The summed E-state index contributed by atoms with van der Waals surface area (Å²) in [6.45, 7) is 0. The first-order valence-electron chi connectivity index (χ1n) is 23.7. The van der Waals surface area contributed by atoms with Crippen LogP contribution < -0.4 is 27.8 Å². The van der Waals surface area contributed by atoms with E-state index in [1.165, 1.54) is 16.7 Å². The molecule has 12 N–H and O–H groups in total. The molecule has 6 aromatic carbocycles. The Morgan fingerprint density at radius 2 is 0.712 bits per heavy atom. The number of aromatic amines is 4. The molecule has 2 amide bonds. The topological polar surface area (TPSA) is 207 Å². The van der Waals surface area contributed by atoms with E-state index < -0.39 is 6.03 Å². The van der Waals surface area contributed by atoms with Crippen LogP contribution in [0, 0.1) is 0 Å². The lowest BCUT2D eigenvalue weighted by molar-refractivity contribution is 0.256. The van der Waals surface area contributed by atoms with Crippen LogP contribution in [0.4, 0.5) is 21.9 Å². The number of hydrogen-bond acceptors (Lipinski definition) is 4. The van der Waals surface area contributed by atoms with E-state index in [4.69, 9.17) is 17.2 Å². The Labute approximate surface area is 433 Å². The summed E-state index contributed by atoms with van der Waals surface area (Å²) >= 11 is 1.58. The van der Waals surface area contributed by atoms with Crippen molar-refractivity contribution in [2.24, 2.45) is 27.2 Å². The Hall–Kier alpha value is -8.91. The van der Waals surface area contributed by atoms with Crippen molar-refractivity contribution in [1.82, 2.24) is 25.3 Å². The number of aliphatic imine (C=N–C) groups is 2. The minimum Gasteiger partial charge on any atom is -0.370 e. The van der Waals surface area contributed by atoms with E-state index in [1.807, 2.05) is 60.7 Å². The third-order valence-corrected chi connectivity index (χ3v) is 14.0. The summed E-state index contributed by atoms with van der Waals surface area (Å²) in [5.41, 5.74) is 32.2. The molecule has 5 heterocycles. The minimum absolute atomic E-state index is 0. The van der Waals surface area contributed by atoms with E-state index in [-0.39, 0.29) is 48.0 Å². The number of hydrogen-bond donors (Lipinski definition) is 9. The lowest BCUT2D eigenvalue weighted by Crippen LogP contribution is -2.39. The number of anilines is 1. The average Bonchev–Trinajstić information content (AvgIpc) is 4.25. The number of urea groups is 1. The average molecular weight is 999 g/mol. The van der Waals surface area contributed by atoms with Crippen molar-refractivity contribution in [1.29, 1.82) is 0 Å². The molecule has 12 nitrogen and oxygen atoms in total. The molecule has 0 radical (unpaired) electrons. The van der Waals surface area contributed by atoms with Gasteiger partial charge in [0.05, 0.1) is 35.0 Å². The van der Waals surface area contributed by atoms with Crippen LogP contribution in [0.2, 0.25) is 0 Å². The summed E-state index contributed by atoms with van der Waals surface area (Å²) in [6.07, 6.45) is 0. The molecule has 0 spiro atoms. The fraction of sp³-hybridized carbons (Fsp3) is 0.0678. The summed E-state index contributed by atoms with van der Waals surface area (Å²) in [7, 11) is 0. The number of halogens is 1. The van der Waals surface area contributed by atoms with Crippen LogP contribution in [-0.4, -0.2) is 37.9 Å². The highest BCUT2D eigenvalue weighted by Crippen LogP contribution is 2.41. The van der Waals surface area contributed by atoms with E-state index in [9.17, 15) is 4.79 Å². The van der Waals surface area contributed by atoms with Crippen molar-refractivity contribution < 1.29 is 4.79 Å². The van der Waals surface area contributed by atoms with Crippen LogP contribution in [0.25, 0.3) is 0 Å². The molecular formula is C59H52ClN11OS. The van der Waals surface area contributed by atoms with E-state index >= 15 is 0 Å². The number of H-pyrrole nitrogens is 4. The van der Waals surface area contributed by atoms with Gasteiger partial charge < -0.3 is 42.5 Å². The SMILES string of the molecule is Cl.NC(N)=Nc1ccc(Sc2ccc(N=C(N)NC(=O)Nc3ccc(C4c5ccc([nH]5)C(c5ccccc5)c5ccc([nH]5)C(c5ccccc5)c5ccc([nH]5)C(c5ccccc5)c5ccc4[nH]5)cc3)cc2)cc1. The molecule has 10 aromatic rings. The van der Waals surface area contributed by atoms with Gasteiger partial charge in [-0.05, 0) is 131 Å². The molecule has 4 aromatic heterocycles. The number of aromatic nitrogens is 4. The summed E-state index contributed by atoms with van der Waals surface area (Å²) in [5.74, 6) is -0.518. The van der Waals surface area contributed by atoms with Crippen molar-refractivity contribution in [3.05, 3.63) is 280 Å². The first-order chi connectivity index (χ1) is 35.3. The second-order valence-corrected chi connectivity index (χ2v) is 18.9. The zero-order valence-electron chi connectivity index (χ0n) is 39.4. The monoisotopic (exact) mass is 997 g/mol. The number of nitrogens with zero attached hydrogens (tertiary/aromatic N) is 2. The van der Waals surface area contributed by atoms with Crippen LogP contribution >= 0.6 is 24.2 Å². The Morgan fingerprint density at radius 1 is 0.397 bits per heavy atom. The molecule has 2 atom stereocenters. The van der Waals surface area contributed by atoms with Crippen molar-refractivity contribution >= 4 is 59.2 Å². The largest absolute Gasteiger partial charge is 0.370 e. The van der Waals surface area contributed by atoms with Crippen LogP contribution in [0.3, 0.4) is 0 Å². The number of guanidine groups is 2. The molecule has 0 saturated heterocycles. The maximum Gasteiger partial charge on any atom is 0.325 e. The summed E-state index contributed by atoms with van der Waals surface area (Å²) in [5, 5.41) is 5.59.